The smallest absolute Gasteiger partial charge is 0.241 e. The molecule has 0 aliphatic heterocycles. The SMILES string of the molecule is CCCCCCCCCCCCCCCC(CCc1ccccc1)[n+]1cc[nH]c1. The molecule has 0 bridgehead atoms. The van der Waals surface area contributed by atoms with Crippen LogP contribution in [0.3, 0.4) is 0 Å². The molecule has 0 aliphatic carbocycles. The molecule has 2 nitrogen and oxygen atoms in total. The lowest BCUT2D eigenvalue weighted by molar-refractivity contribution is -0.723. The molecule has 29 heavy (non-hydrogen) atoms. The summed E-state index contributed by atoms with van der Waals surface area (Å²) >= 11 is 0. The van der Waals surface area contributed by atoms with Crippen LogP contribution in [0.5, 0.6) is 0 Å². The number of hydrogen-bond acceptors (Lipinski definition) is 0. The van der Waals surface area contributed by atoms with Gasteiger partial charge in [0, 0.05) is 0 Å². The Hall–Kier alpha value is -1.57. The topological polar surface area (TPSA) is 19.7 Å². The molecule has 0 radical (unpaired) electrons. The van der Waals surface area contributed by atoms with Gasteiger partial charge in [0.15, 0.2) is 0 Å². The van der Waals surface area contributed by atoms with Gasteiger partial charge in [-0.2, -0.15) is 0 Å². The van der Waals surface area contributed by atoms with Crippen molar-refractivity contribution < 1.29 is 4.57 Å². The molecule has 1 N–H and O–H groups in total. The Morgan fingerprint density at radius 1 is 0.724 bits per heavy atom. The number of aromatic amines is 1. The molecule has 0 saturated carbocycles. The molecule has 2 rings (SSSR count). The zero-order chi connectivity index (χ0) is 20.4. The highest BCUT2D eigenvalue weighted by Crippen LogP contribution is 2.18. The van der Waals surface area contributed by atoms with Crippen LogP contribution in [-0.2, 0) is 6.42 Å². The van der Waals surface area contributed by atoms with Crippen LogP contribution in [0.15, 0.2) is 49.1 Å². The molecule has 0 saturated heterocycles. The lowest BCUT2D eigenvalue weighted by Gasteiger charge is -2.14. The van der Waals surface area contributed by atoms with Crippen molar-refractivity contribution in [1.29, 1.82) is 0 Å². The standard InChI is InChI=1S/C27H44N2/c1-2-3-4-5-6-7-8-9-10-11-12-13-17-20-27(29-24-23-28-25-29)22-21-26-18-15-14-16-19-26/h14-16,18-19,23-25,27H,2-13,17,20-22H2,1H3/p+1. The van der Waals surface area contributed by atoms with E-state index in [0.29, 0.717) is 6.04 Å². The van der Waals surface area contributed by atoms with Crippen LogP contribution in [0, 0.1) is 0 Å². The van der Waals surface area contributed by atoms with Gasteiger partial charge in [0.25, 0.3) is 0 Å². The number of rotatable bonds is 18. The number of aromatic nitrogens is 2. The molecule has 0 fully saturated rings. The van der Waals surface area contributed by atoms with Crippen molar-refractivity contribution in [3.63, 3.8) is 0 Å². The molecule has 0 aliphatic rings. The van der Waals surface area contributed by atoms with E-state index in [1.54, 1.807) is 0 Å². The summed E-state index contributed by atoms with van der Waals surface area (Å²) in [4.78, 5) is 3.22. The van der Waals surface area contributed by atoms with Gasteiger partial charge in [0.1, 0.15) is 18.4 Å². The van der Waals surface area contributed by atoms with Gasteiger partial charge in [-0.05, 0) is 31.2 Å². The van der Waals surface area contributed by atoms with Crippen molar-refractivity contribution in [3.05, 3.63) is 54.6 Å². The van der Waals surface area contributed by atoms with Crippen LogP contribution in [0.4, 0.5) is 0 Å². The number of unbranched alkanes of at least 4 members (excludes halogenated alkanes) is 12. The van der Waals surface area contributed by atoms with Gasteiger partial charge >= 0.3 is 0 Å². The van der Waals surface area contributed by atoms with Gasteiger partial charge in [-0.1, -0.05) is 114 Å². The highest BCUT2D eigenvalue weighted by Gasteiger charge is 2.15. The first-order chi connectivity index (χ1) is 14.4. The second-order valence-corrected chi connectivity index (χ2v) is 8.77. The molecule has 1 atom stereocenters. The Morgan fingerprint density at radius 2 is 1.31 bits per heavy atom. The van der Waals surface area contributed by atoms with E-state index in [1.807, 2.05) is 6.20 Å². The summed E-state index contributed by atoms with van der Waals surface area (Å²) in [7, 11) is 0. The Bertz CT molecular complexity index is 576. The highest BCUT2D eigenvalue weighted by atomic mass is 15.0. The van der Waals surface area contributed by atoms with Crippen LogP contribution in [0.2, 0.25) is 0 Å². The number of nitrogens with one attached hydrogen (secondary N) is 1. The van der Waals surface area contributed by atoms with Gasteiger partial charge in [-0.3, -0.25) is 4.98 Å². The fourth-order valence-electron chi connectivity index (χ4n) is 4.35. The van der Waals surface area contributed by atoms with E-state index < -0.39 is 0 Å². The largest absolute Gasteiger partial charge is 0.250 e. The van der Waals surface area contributed by atoms with Crippen molar-refractivity contribution >= 4 is 0 Å². The molecular weight excluding hydrogens is 352 g/mol. The minimum Gasteiger partial charge on any atom is -0.250 e. The second-order valence-electron chi connectivity index (χ2n) is 8.77. The van der Waals surface area contributed by atoms with Gasteiger partial charge in [0.05, 0.1) is 0 Å². The molecule has 2 heteroatoms. The number of aryl methyl sites for hydroxylation is 1. The van der Waals surface area contributed by atoms with Crippen molar-refractivity contribution in [2.24, 2.45) is 0 Å². The monoisotopic (exact) mass is 397 g/mol. The van der Waals surface area contributed by atoms with E-state index >= 15 is 0 Å². The minimum atomic E-state index is 0.620. The summed E-state index contributed by atoms with van der Waals surface area (Å²) < 4.78 is 2.38. The number of nitrogens with zero attached hydrogens (tertiary/aromatic N) is 1. The number of H-pyrrole nitrogens is 1. The summed E-state index contributed by atoms with van der Waals surface area (Å²) in [5, 5.41) is 0. The third kappa shape index (κ3) is 11.3. The average molecular weight is 398 g/mol. The number of benzene rings is 1. The molecule has 0 spiro atoms. The highest BCUT2D eigenvalue weighted by molar-refractivity contribution is 5.14. The minimum absolute atomic E-state index is 0.620. The lowest BCUT2D eigenvalue weighted by Crippen LogP contribution is -2.37. The fraction of sp³-hybridized carbons (Fsp3) is 0.667. The molecule has 0 amide bonds. The van der Waals surface area contributed by atoms with Crippen LogP contribution >= 0.6 is 0 Å². The lowest BCUT2D eigenvalue weighted by atomic mass is 9.99. The van der Waals surface area contributed by atoms with Crippen LogP contribution < -0.4 is 4.57 Å². The molecule has 1 unspecified atom stereocenters. The third-order valence-corrected chi connectivity index (χ3v) is 6.24. The zero-order valence-electron chi connectivity index (χ0n) is 19.0. The normalized spacial score (nSPS) is 12.3. The van der Waals surface area contributed by atoms with Crippen LogP contribution in [0.1, 0.15) is 115 Å². The predicted molar refractivity (Wildman–Crippen MR) is 125 cm³/mol. The quantitative estimate of drug-likeness (QED) is 0.194. The van der Waals surface area contributed by atoms with Gasteiger partial charge in [-0.15, -0.1) is 0 Å². The first-order valence-electron chi connectivity index (χ1n) is 12.5. The van der Waals surface area contributed by atoms with Crippen LogP contribution in [0.25, 0.3) is 0 Å². The first kappa shape index (κ1) is 23.7. The molecule has 1 aromatic heterocycles. The van der Waals surface area contributed by atoms with E-state index in [1.165, 1.54) is 108 Å². The summed E-state index contributed by atoms with van der Waals surface area (Å²) in [6.45, 7) is 2.30. The van der Waals surface area contributed by atoms with Crippen molar-refractivity contribution in [2.45, 2.75) is 116 Å². The Labute approximate surface area is 180 Å². The van der Waals surface area contributed by atoms with Gasteiger partial charge < -0.3 is 0 Å². The summed E-state index contributed by atoms with van der Waals surface area (Å²) in [5.41, 5.74) is 1.46. The maximum absolute atomic E-state index is 3.22. The maximum Gasteiger partial charge on any atom is 0.241 e. The van der Waals surface area contributed by atoms with Crippen molar-refractivity contribution in [1.82, 2.24) is 4.98 Å². The summed E-state index contributed by atoms with van der Waals surface area (Å²) in [6, 6.07) is 11.5. The van der Waals surface area contributed by atoms with Crippen molar-refractivity contribution in [2.75, 3.05) is 0 Å². The Balaban J connectivity index is 1.50. The Kier molecular flexibility index (Phi) is 13.3. The number of imidazole rings is 1. The number of hydrogen-bond donors (Lipinski definition) is 1. The molecule has 162 valence electrons. The fourth-order valence-corrected chi connectivity index (χ4v) is 4.35. The zero-order valence-corrected chi connectivity index (χ0v) is 19.0. The van der Waals surface area contributed by atoms with E-state index in [9.17, 15) is 0 Å². The Morgan fingerprint density at radius 3 is 1.86 bits per heavy atom. The molecule has 2 aromatic rings. The van der Waals surface area contributed by atoms with Gasteiger partial charge in [0.2, 0.25) is 6.33 Å². The van der Waals surface area contributed by atoms with Crippen molar-refractivity contribution in [3.8, 4) is 0 Å². The maximum atomic E-state index is 3.22. The summed E-state index contributed by atoms with van der Waals surface area (Å²) in [5.74, 6) is 0. The van der Waals surface area contributed by atoms with Gasteiger partial charge in [-0.25, -0.2) is 4.57 Å². The van der Waals surface area contributed by atoms with E-state index in [0.717, 1.165) is 0 Å². The second kappa shape index (κ2) is 16.3. The first-order valence-corrected chi connectivity index (χ1v) is 12.5. The van der Waals surface area contributed by atoms with E-state index in [2.05, 4.69) is 59.3 Å². The third-order valence-electron chi connectivity index (χ3n) is 6.24. The molecule has 1 aromatic carbocycles. The average Bonchev–Trinajstić information content (AvgIpc) is 3.29. The molecule has 1 heterocycles. The predicted octanol–water partition coefficient (Wildman–Crippen LogP) is 7.96. The van der Waals surface area contributed by atoms with E-state index in [4.69, 9.17) is 0 Å². The molecular formula is C27H45N2+. The summed E-state index contributed by atoms with van der Waals surface area (Å²) in [6.07, 6.45) is 28.6. The van der Waals surface area contributed by atoms with Crippen LogP contribution in [-0.4, -0.2) is 4.98 Å². The van der Waals surface area contributed by atoms with E-state index in [-0.39, 0.29) is 0 Å².